The Balaban J connectivity index is -0.000000151. The molecular weight excluding hydrogens is 257 g/mol. The molecule has 1 unspecified atom stereocenters. The van der Waals surface area contributed by atoms with Crippen LogP contribution in [-0.4, -0.2) is 11.1 Å². The van der Waals surface area contributed by atoms with E-state index in [1.807, 2.05) is 0 Å². The van der Waals surface area contributed by atoms with E-state index in [9.17, 15) is 4.79 Å². The summed E-state index contributed by atoms with van der Waals surface area (Å²) < 4.78 is 0. The Morgan fingerprint density at radius 1 is 1.43 bits per heavy atom. The minimum atomic E-state index is -0.833. The average Bonchev–Trinajstić information content (AvgIpc) is 2.05. The van der Waals surface area contributed by atoms with Crippen molar-refractivity contribution in [1.29, 1.82) is 0 Å². The van der Waals surface area contributed by atoms with Gasteiger partial charge < -0.3 is 18.7 Å². The smallest absolute Gasteiger partial charge is 1.00 e. The van der Waals surface area contributed by atoms with Crippen molar-refractivity contribution in [2.24, 2.45) is 0 Å². The fourth-order valence-corrected chi connectivity index (χ4v) is 0.749. The molecule has 2 nitrogen and oxygen atoms in total. The van der Waals surface area contributed by atoms with Crippen LogP contribution in [0.15, 0.2) is 18.2 Å². The van der Waals surface area contributed by atoms with Gasteiger partial charge in [-0.05, 0) is 0 Å². The third-order valence-corrected chi connectivity index (χ3v) is 1.51. The van der Waals surface area contributed by atoms with Crippen LogP contribution in [0.4, 0.5) is 0 Å². The Kier molecular flexibility index (Phi) is 21.2. The number of carboxylic acid groups (broad SMARTS) is 1. The SMILES string of the molecule is CC(C(=O)O)c1[c-]cc[c-]c1.[H-].[K+].[K+].[K+]. The first-order valence-electron chi connectivity index (χ1n) is 3.32. The molecule has 0 bridgehead atoms. The number of hydrogen-bond acceptors (Lipinski definition) is 1. The summed E-state index contributed by atoms with van der Waals surface area (Å²) in [6.07, 6.45) is 0. The maximum absolute atomic E-state index is 10.5. The molecule has 0 heterocycles. The zero-order valence-electron chi connectivity index (χ0n) is 10.2. The van der Waals surface area contributed by atoms with Crippen molar-refractivity contribution in [3.63, 3.8) is 0 Å². The van der Waals surface area contributed by atoms with Crippen LogP contribution < -0.4 is 154 Å². The molecular formula is C9H9K3O2. The number of hydrogen-bond donors (Lipinski definition) is 1. The first-order chi connectivity index (χ1) is 5.22. The maximum atomic E-state index is 10.5. The van der Waals surface area contributed by atoms with E-state index in [0.29, 0.717) is 5.56 Å². The zero-order valence-corrected chi connectivity index (χ0v) is 18.5. The van der Waals surface area contributed by atoms with Crippen LogP contribution in [-0.2, 0) is 4.79 Å². The van der Waals surface area contributed by atoms with Gasteiger partial charge in [-0.3, -0.25) is 28.6 Å². The van der Waals surface area contributed by atoms with Crippen molar-refractivity contribution in [3.8, 4) is 0 Å². The van der Waals surface area contributed by atoms with Crippen molar-refractivity contribution in [2.75, 3.05) is 0 Å². The van der Waals surface area contributed by atoms with Gasteiger partial charge in [0, 0.05) is 5.92 Å². The van der Waals surface area contributed by atoms with E-state index in [1.54, 1.807) is 25.1 Å². The maximum Gasteiger partial charge on any atom is 1.00 e. The fourth-order valence-electron chi connectivity index (χ4n) is 0.749. The molecule has 0 saturated carbocycles. The second-order valence-corrected chi connectivity index (χ2v) is 2.30. The summed E-state index contributed by atoms with van der Waals surface area (Å²) in [4.78, 5) is 10.5. The van der Waals surface area contributed by atoms with Crippen LogP contribution in [0, 0.1) is 12.1 Å². The van der Waals surface area contributed by atoms with Gasteiger partial charge in [-0.1, -0.05) is 6.92 Å². The van der Waals surface area contributed by atoms with E-state index in [1.165, 1.54) is 0 Å². The summed E-state index contributed by atoms with van der Waals surface area (Å²) in [5, 5.41) is 8.60. The van der Waals surface area contributed by atoms with Gasteiger partial charge in [-0.15, -0.1) is 0 Å². The molecule has 1 aromatic rings. The van der Waals surface area contributed by atoms with E-state index >= 15 is 0 Å². The molecule has 1 aromatic carbocycles. The average molecular weight is 266 g/mol. The number of carboxylic acids is 1. The normalized spacial score (nSPS) is 9.79. The van der Waals surface area contributed by atoms with E-state index in [0.717, 1.165) is 0 Å². The molecule has 0 amide bonds. The third-order valence-electron chi connectivity index (χ3n) is 1.51. The van der Waals surface area contributed by atoms with Crippen LogP contribution in [0.25, 0.3) is 0 Å². The predicted octanol–water partition coefficient (Wildman–Crippen LogP) is -7.40. The first-order valence-corrected chi connectivity index (χ1v) is 3.32. The van der Waals surface area contributed by atoms with E-state index in [2.05, 4.69) is 12.1 Å². The third kappa shape index (κ3) is 8.66. The van der Waals surface area contributed by atoms with Gasteiger partial charge >= 0.3 is 154 Å². The Morgan fingerprint density at radius 3 is 2.36 bits per heavy atom. The summed E-state index contributed by atoms with van der Waals surface area (Å²) in [6, 6.07) is 10.6. The molecule has 5 heteroatoms. The monoisotopic (exact) mass is 266 g/mol. The van der Waals surface area contributed by atoms with Crippen molar-refractivity contribution in [1.82, 2.24) is 0 Å². The van der Waals surface area contributed by atoms with Crippen LogP contribution in [0.1, 0.15) is 19.8 Å². The Labute approximate surface area is 214 Å². The molecule has 1 rings (SSSR count). The minimum Gasteiger partial charge on any atom is -1.00 e. The van der Waals surface area contributed by atoms with Crippen LogP contribution in [0.5, 0.6) is 0 Å². The molecule has 0 aliphatic carbocycles. The number of rotatable bonds is 2. The second kappa shape index (κ2) is 13.0. The number of aliphatic carboxylic acids is 1. The minimum absolute atomic E-state index is 0. The molecule has 0 saturated heterocycles. The number of carbonyl (C=O) groups is 1. The second-order valence-electron chi connectivity index (χ2n) is 2.30. The van der Waals surface area contributed by atoms with Crippen LogP contribution >= 0.6 is 0 Å². The fraction of sp³-hybridized carbons (Fsp3) is 0.222. The molecule has 1 N–H and O–H groups in total. The van der Waals surface area contributed by atoms with Crippen molar-refractivity contribution in [3.05, 3.63) is 35.9 Å². The van der Waals surface area contributed by atoms with E-state index in [4.69, 9.17) is 5.11 Å². The van der Waals surface area contributed by atoms with Crippen LogP contribution in [0.2, 0.25) is 0 Å². The topological polar surface area (TPSA) is 37.3 Å². The Hall–Kier alpha value is 3.60. The van der Waals surface area contributed by atoms with Gasteiger partial charge in [0.1, 0.15) is 0 Å². The van der Waals surface area contributed by atoms with Crippen LogP contribution in [0.3, 0.4) is 0 Å². The quantitative estimate of drug-likeness (QED) is 0.427. The summed E-state index contributed by atoms with van der Waals surface area (Å²) in [5.41, 5.74) is 0.667. The Bertz CT molecular complexity index is 257. The standard InChI is InChI=1S/C9H8O2.3K.H/c1-7(9(10)11)8-5-3-2-4-6-8;;;;/h2-3,6-7H,1H3,(H,10,11);;;;/q-2;3*+1;-1. The van der Waals surface area contributed by atoms with E-state index < -0.39 is 11.9 Å². The van der Waals surface area contributed by atoms with E-state index in [-0.39, 0.29) is 156 Å². The molecule has 14 heavy (non-hydrogen) atoms. The number of benzene rings is 1. The molecule has 0 aromatic heterocycles. The molecule has 0 aliphatic heterocycles. The zero-order chi connectivity index (χ0) is 8.27. The molecule has 0 spiro atoms. The van der Waals surface area contributed by atoms with Crippen molar-refractivity contribution >= 4 is 5.97 Å². The molecule has 0 radical (unpaired) electrons. The summed E-state index contributed by atoms with van der Waals surface area (Å²) in [6.45, 7) is 1.63. The molecule has 60 valence electrons. The first kappa shape index (κ1) is 22.8. The van der Waals surface area contributed by atoms with Gasteiger partial charge in [0.15, 0.2) is 0 Å². The molecule has 1 atom stereocenters. The van der Waals surface area contributed by atoms with Gasteiger partial charge in [-0.25, -0.2) is 0 Å². The van der Waals surface area contributed by atoms with Gasteiger partial charge in [0.05, 0.1) is 0 Å². The molecule has 0 fully saturated rings. The van der Waals surface area contributed by atoms with Crippen molar-refractivity contribution in [2.45, 2.75) is 12.8 Å². The van der Waals surface area contributed by atoms with Gasteiger partial charge in [0.25, 0.3) is 5.97 Å². The summed E-state index contributed by atoms with van der Waals surface area (Å²) >= 11 is 0. The summed E-state index contributed by atoms with van der Waals surface area (Å²) in [7, 11) is 0. The van der Waals surface area contributed by atoms with Gasteiger partial charge in [-0.2, -0.15) is 0 Å². The van der Waals surface area contributed by atoms with Crippen molar-refractivity contribution < 1.29 is 165 Å². The van der Waals surface area contributed by atoms with Gasteiger partial charge in [0.2, 0.25) is 0 Å². The predicted molar refractivity (Wildman–Crippen MR) is 41.3 cm³/mol. The molecule has 0 aliphatic rings. The Morgan fingerprint density at radius 2 is 2.00 bits per heavy atom. The largest absolute Gasteiger partial charge is 1.00 e. The summed E-state index contributed by atoms with van der Waals surface area (Å²) in [5.74, 6) is -1.33.